The highest BCUT2D eigenvalue weighted by atomic mass is 32.2. The van der Waals surface area contributed by atoms with Gasteiger partial charge < -0.3 is 15.1 Å². The zero-order valence-corrected chi connectivity index (χ0v) is 20.9. The van der Waals surface area contributed by atoms with Gasteiger partial charge in [-0.1, -0.05) is 32.0 Å². The van der Waals surface area contributed by atoms with Crippen LogP contribution in [-0.4, -0.2) is 62.9 Å². The lowest BCUT2D eigenvalue weighted by Crippen LogP contribution is -2.46. The Kier molecular flexibility index (Phi) is 7.67. The van der Waals surface area contributed by atoms with E-state index in [0.29, 0.717) is 24.3 Å². The Morgan fingerprint density at radius 3 is 2.09 bits per heavy atom. The summed E-state index contributed by atoms with van der Waals surface area (Å²) in [5, 5.41) is 2.83. The van der Waals surface area contributed by atoms with Gasteiger partial charge in [0.25, 0.3) is 5.91 Å². The maximum Gasteiger partial charge on any atom is 0.255 e. The largest absolute Gasteiger partial charge is 0.368 e. The van der Waals surface area contributed by atoms with E-state index >= 15 is 0 Å². The monoisotopic (exact) mass is 493 g/mol. The molecule has 0 aliphatic carbocycles. The molecule has 1 fully saturated rings. The van der Waals surface area contributed by atoms with Crippen LogP contribution in [0.1, 0.15) is 24.2 Å². The minimum atomic E-state index is -3.55. The molecule has 1 N–H and O–H groups in total. The molecule has 3 aromatic rings. The third-order valence-electron chi connectivity index (χ3n) is 6.19. The van der Waals surface area contributed by atoms with Crippen LogP contribution in [0.4, 0.5) is 17.2 Å². The molecular formula is C26H31N5O3S. The minimum Gasteiger partial charge on any atom is -0.368 e. The number of carbonyl (C=O) groups excluding carboxylic acids is 1. The fraction of sp³-hybridized carbons (Fsp3) is 0.308. The van der Waals surface area contributed by atoms with Crippen molar-refractivity contribution >= 4 is 33.1 Å². The molecule has 1 aliphatic heterocycles. The van der Waals surface area contributed by atoms with Crippen LogP contribution in [0.25, 0.3) is 0 Å². The number of hydrogen-bond donors (Lipinski definition) is 1. The Bertz CT molecular complexity index is 1220. The fourth-order valence-electron chi connectivity index (χ4n) is 4.17. The minimum absolute atomic E-state index is 0.177. The number of nitrogens with zero attached hydrogens (tertiary/aromatic N) is 4. The molecule has 0 radical (unpaired) electrons. The van der Waals surface area contributed by atoms with Crippen molar-refractivity contribution in [1.82, 2.24) is 9.29 Å². The zero-order chi connectivity index (χ0) is 24.8. The molecule has 1 aliphatic rings. The lowest BCUT2D eigenvalue weighted by molar-refractivity contribution is 0.102. The van der Waals surface area contributed by atoms with E-state index in [-0.39, 0.29) is 10.8 Å². The first-order valence-corrected chi connectivity index (χ1v) is 13.3. The van der Waals surface area contributed by atoms with Crippen molar-refractivity contribution in [2.24, 2.45) is 0 Å². The summed E-state index contributed by atoms with van der Waals surface area (Å²) in [6, 6.07) is 20.1. The van der Waals surface area contributed by atoms with E-state index in [1.165, 1.54) is 34.3 Å². The molecule has 0 spiro atoms. The molecule has 0 saturated carbocycles. The number of rotatable bonds is 8. The second-order valence-electron chi connectivity index (χ2n) is 8.28. The number of pyridine rings is 1. The second-order valence-corrected chi connectivity index (χ2v) is 10.2. The number of amides is 1. The third-order valence-corrected chi connectivity index (χ3v) is 8.25. The lowest BCUT2D eigenvalue weighted by atomic mass is 10.2. The average Bonchev–Trinajstić information content (AvgIpc) is 2.90. The number of benzene rings is 2. The summed E-state index contributed by atoms with van der Waals surface area (Å²) in [7, 11) is -3.55. The van der Waals surface area contributed by atoms with Crippen LogP contribution in [0.5, 0.6) is 0 Å². The van der Waals surface area contributed by atoms with Crippen LogP contribution >= 0.6 is 0 Å². The number of aromatic nitrogens is 1. The fourth-order valence-corrected chi connectivity index (χ4v) is 5.63. The van der Waals surface area contributed by atoms with Crippen LogP contribution in [0, 0.1) is 0 Å². The Morgan fingerprint density at radius 2 is 1.51 bits per heavy atom. The van der Waals surface area contributed by atoms with E-state index < -0.39 is 10.0 Å². The maximum atomic E-state index is 12.7. The topological polar surface area (TPSA) is 85.8 Å². The van der Waals surface area contributed by atoms with Gasteiger partial charge in [-0.3, -0.25) is 4.79 Å². The highest BCUT2D eigenvalue weighted by molar-refractivity contribution is 7.89. The van der Waals surface area contributed by atoms with Gasteiger partial charge in [0.2, 0.25) is 10.0 Å². The summed E-state index contributed by atoms with van der Waals surface area (Å²) in [6.45, 7) is 7.97. The molecule has 0 atom stereocenters. The summed E-state index contributed by atoms with van der Waals surface area (Å²) in [5.41, 5.74) is 2.20. The highest BCUT2D eigenvalue weighted by Gasteiger charge is 2.22. The van der Waals surface area contributed by atoms with Gasteiger partial charge in [0.15, 0.2) is 0 Å². The Balaban J connectivity index is 1.34. The summed E-state index contributed by atoms with van der Waals surface area (Å²) in [6.07, 6.45) is 1.65. The predicted octanol–water partition coefficient (Wildman–Crippen LogP) is 3.69. The molecule has 0 bridgehead atoms. The van der Waals surface area contributed by atoms with Crippen molar-refractivity contribution in [3.63, 3.8) is 0 Å². The molecule has 8 nitrogen and oxygen atoms in total. The Labute approximate surface area is 207 Å². The zero-order valence-electron chi connectivity index (χ0n) is 20.1. The van der Waals surface area contributed by atoms with Crippen molar-refractivity contribution in [3.05, 3.63) is 78.5 Å². The lowest BCUT2D eigenvalue weighted by Gasteiger charge is -2.36. The molecule has 1 amide bonds. The van der Waals surface area contributed by atoms with E-state index in [9.17, 15) is 13.2 Å². The van der Waals surface area contributed by atoms with E-state index in [2.05, 4.69) is 44.4 Å². The summed E-state index contributed by atoms with van der Waals surface area (Å²) in [4.78, 5) is 22.0. The van der Waals surface area contributed by atoms with Crippen LogP contribution in [0.2, 0.25) is 0 Å². The smallest absolute Gasteiger partial charge is 0.255 e. The number of piperazine rings is 1. The molecule has 35 heavy (non-hydrogen) atoms. The van der Waals surface area contributed by atoms with Gasteiger partial charge in [-0.2, -0.15) is 4.31 Å². The Hall–Kier alpha value is -3.43. The number of sulfonamides is 1. The van der Waals surface area contributed by atoms with Crippen molar-refractivity contribution < 1.29 is 13.2 Å². The molecule has 2 heterocycles. The van der Waals surface area contributed by atoms with E-state index in [1.807, 2.05) is 18.2 Å². The summed E-state index contributed by atoms with van der Waals surface area (Å²) < 4.78 is 26.6. The summed E-state index contributed by atoms with van der Waals surface area (Å²) >= 11 is 0. The Morgan fingerprint density at radius 1 is 0.886 bits per heavy atom. The number of anilines is 3. The SMILES string of the molecule is CCN(CC)S(=O)(=O)c1ccc(C(=O)Nc2ccc(N3CCN(c4ccccc4)CC3)nc2)cc1. The molecule has 9 heteroatoms. The molecule has 1 saturated heterocycles. The second kappa shape index (κ2) is 10.9. The van der Waals surface area contributed by atoms with Gasteiger partial charge in [-0.25, -0.2) is 13.4 Å². The van der Waals surface area contributed by atoms with Gasteiger partial charge >= 0.3 is 0 Å². The number of nitrogens with one attached hydrogen (secondary N) is 1. The van der Waals surface area contributed by atoms with Gasteiger partial charge in [-0.05, 0) is 48.5 Å². The predicted molar refractivity (Wildman–Crippen MR) is 140 cm³/mol. The first kappa shape index (κ1) is 24.7. The summed E-state index contributed by atoms with van der Waals surface area (Å²) in [5.74, 6) is 0.560. The van der Waals surface area contributed by atoms with Gasteiger partial charge in [0.1, 0.15) is 5.82 Å². The quantitative estimate of drug-likeness (QED) is 0.515. The average molecular weight is 494 g/mol. The van der Waals surface area contributed by atoms with Gasteiger partial charge in [0, 0.05) is 50.5 Å². The van der Waals surface area contributed by atoms with Crippen molar-refractivity contribution in [3.8, 4) is 0 Å². The van der Waals surface area contributed by atoms with Gasteiger partial charge in [0.05, 0.1) is 16.8 Å². The number of para-hydroxylation sites is 1. The maximum absolute atomic E-state index is 12.7. The van der Waals surface area contributed by atoms with Crippen LogP contribution < -0.4 is 15.1 Å². The molecule has 1 aromatic heterocycles. The normalized spacial score (nSPS) is 14.3. The first-order valence-electron chi connectivity index (χ1n) is 11.8. The van der Waals surface area contributed by atoms with Crippen molar-refractivity contribution in [2.45, 2.75) is 18.7 Å². The van der Waals surface area contributed by atoms with Crippen LogP contribution in [-0.2, 0) is 10.0 Å². The highest BCUT2D eigenvalue weighted by Crippen LogP contribution is 2.21. The standard InChI is InChI=1S/C26H31N5O3S/c1-3-31(4-2)35(33,34)24-13-10-21(11-14-24)26(32)28-22-12-15-25(27-20-22)30-18-16-29(17-19-30)23-8-6-5-7-9-23/h5-15,20H,3-4,16-19H2,1-2H3,(H,28,32). The first-order chi connectivity index (χ1) is 16.9. The van der Waals surface area contributed by atoms with E-state index in [1.54, 1.807) is 20.0 Å². The van der Waals surface area contributed by atoms with Crippen molar-refractivity contribution in [2.75, 3.05) is 54.4 Å². The molecule has 4 rings (SSSR count). The molecule has 184 valence electrons. The van der Waals surface area contributed by atoms with Crippen molar-refractivity contribution in [1.29, 1.82) is 0 Å². The molecule has 0 unspecified atom stereocenters. The molecule has 2 aromatic carbocycles. The van der Waals surface area contributed by atoms with E-state index in [0.717, 1.165) is 32.0 Å². The van der Waals surface area contributed by atoms with E-state index in [4.69, 9.17) is 0 Å². The third kappa shape index (κ3) is 5.63. The molecular weight excluding hydrogens is 462 g/mol. The number of hydrogen-bond acceptors (Lipinski definition) is 6. The van der Waals surface area contributed by atoms with Gasteiger partial charge in [-0.15, -0.1) is 0 Å². The van der Waals surface area contributed by atoms with Crippen LogP contribution in [0.3, 0.4) is 0 Å². The number of carbonyl (C=O) groups is 1. The van der Waals surface area contributed by atoms with Crippen LogP contribution in [0.15, 0.2) is 77.8 Å².